The number of halogens is 1. The molecule has 0 heterocycles. The number of hydrazone groups is 1. The molecular formula is C16H14ClN3O4S. The second kappa shape index (κ2) is 9.05. The van der Waals surface area contributed by atoms with E-state index in [1.165, 1.54) is 23.9 Å². The van der Waals surface area contributed by atoms with Crippen LogP contribution >= 0.6 is 23.4 Å². The van der Waals surface area contributed by atoms with Gasteiger partial charge in [0.05, 0.1) is 16.9 Å². The van der Waals surface area contributed by atoms with Gasteiger partial charge >= 0.3 is 0 Å². The minimum Gasteiger partial charge on any atom is -0.507 e. The maximum absolute atomic E-state index is 11.7. The molecule has 0 unspecified atom stereocenters. The Morgan fingerprint density at radius 2 is 2.12 bits per heavy atom. The smallest absolute Gasteiger partial charge is 0.270 e. The fourth-order valence-corrected chi connectivity index (χ4v) is 2.94. The van der Waals surface area contributed by atoms with Crippen molar-refractivity contribution in [3.8, 4) is 5.75 Å². The second-order valence-corrected chi connectivity index (χ2v) is 6.27. The van der Waals surface area contributed by atoms with Gasteiger partial charge in [-0.1, -0.05) is 29.8 Å². The molecule has 0 spiro atoms. The van der Waals surface area contributed by atoms with E-state index in [0.717, 1.165) is 17.8 Å². The molecule has 0 aliphatic rings. The predicted molar refractivity (Wildman–Crippen MR) is 98.1 cm³/mol. The van der Waals surface area contributed by atoms with Crippen molar-refractivity contribution in [1.82, 2.24) is 5.43 Å². The number of nitrogens with one attached hydrogen (secondary N) is 1. The molecule has 2 aromatic rings. The van der Waals surface area contributed by atoms with Crippen molar-refractivity contribution in [2.45, 2.75) is 5.75 Å². The highest BCUT2D eigenvalue weighted by Crippen LogP contribution is 2.21. The number of hydrogen-bond acceptors (Lipinski definition) is 6. The zero-order chi connectivity index (χ0) is 18.2. The molecule has 0 saturated heterocycles. The lowest BCUT2D eigenvalue weighted by molar-refractivity contribution is -0.384. The van der Waals surface area contributed by atoms with Crippen LogP contribution in [0.1, 0.15) is 11.1 Å². The topological polar surface area (TPSA) is 105 Å². The predicted octanol–water partition coefficient (Wildman–Crippen LogP) is 3.34. The summed E-state index contributed by atoms with van der Waals surface area (Å²) in [4.78, 5) is 21.8. The van der Waals surface area contributed by atoms with Crippen LogP contribution in [0.5, 0.6) is 5.75 Å². The van der Waals surface area contributed by atoms with Gasteiger partial charge in [0, 0.05) is 28.5 Å². The molecular weight excluding hydrogens is 366 g/mol. The number of benzene rings is 2. The highest BCUT2D eigenvalue weighted by molar-refractivity contribution is 7.99. The Hall–Kier alpha value is -2.58. The molecule has 0 atom stereocenters. The number of thioether (sulfide) groups is 1. The molecule has 0 saturated carbocycles. The molecule has 0 aliphatic heterocycles. The molecule has 2 aromatic carbocycles. The van der Waals surface area contributed by atoms with Crippen molar-refractivity contribution in [3.63, 3.8) is 0 Å². The van der Waals surface area contributed by atoms with Crippen LogP contribution in [-0.4, -0.2) is 27.9 Å². The van der Waals surface area contributed by atoms with E-state index >= 15 is 0 Å². The van der Waals surface area contributed by atoms with E-state index in [1.807, 2.05) is 18.2 Å². The lowest BCUT2D eigenvalue weighted by atomic mass is 10.2. The zero-order valence-electron chi connectivity index (χ0n) is 12.9. The van der Waals surface area contributed by atoms with Gasteiger partial charge in [-0.05, 0) is 17.7 Å². The van der Waals surface area contributed by atoms with Crippen LogP contribution in [0.4, 0.5) is 5.69 Å². The van der Waals surface area contributed by atoms with Crippen molar-refractivity contribution in [2.24, 2.45) is 5.10 Å². The van der Waals surface area contributed by atoms with Gasteiger partial charge in [-0.3, -0.25) is 14.9 Å². The zero-order valence-corrected chi connectivity index (χ0v) is 14.5. The highest BCUT2D eigenvalue weighted by atomic mass is 35.5. The summed E-state index contributed by atoms with van der Waals surface area (Å²) in [5, 5.41) is 24.7. The lowest BCUT2D eigenvalue weighted by Gasteiger charge is -2.03. The van der Waals surface area contributed by atoms with Crippen LogP contribution in [0, 0.1) is 10.1 Å². The monoisotopic (exact) mass is 379 g/mol. The highest BCUT2D eigenvalue weighted by Gasteiger charge is 2.09. The van der Waals surface area contributed by atoms with Crippen LogP contribution in [0.3, 0.4) is 0 Å². The molecule has 0 radical (unpaired) electrons. The Kier molecular flexibility index (Phi) is 6.79. The van der Waals surface area contributed by atoms with Gasteiger partial charge in [0.1, 0.15) is 5.75 Å². The van der Waals surface area contributed by atoms with E-state index in [9.17, 15) is 20.0 Å². The molecule has 9 heteroatoms. The second-order valence-electron chi connectivity index (χ2n) is 4.88. The van der Waals surface area contributed by atoms with Crippen LogP contribution in [-0.2, 0) is 10.5 Å². The number of phenolic OH excluding ortho intramolecular Hbond substituents is 1. The maximum atomic E-state index is 11.7. The number of amides is 1. The average molecular weight is 380 g/mol. The summed E-state index contributed by atoms with van der Waals surface area (Å²) in [5.41, 5.74) is 3.20. The Balaban J connectivity index is 1.83. The third-order valence-corrected chi connectivity index (χ3v) is 4.41. The quantitative estimate of drug-likeness (QED) is 0.436. The molecule has 0 bridgehead atoms. The van der Waals surface area contributed by atoms with Crippen molar-refractivity contribution in [2.75, 3.05) is 5.75 Å². The third-order valence-electron chi connectivity index (χ3n) is 3.06. The number of carbonyl (C=O) groups is 1. The van der Waals surface area contributed by atoms with Crippen LogP contribution < -0.4 is 5.43 Å². The number of phenols is 1. The Bertz CT molecular complexity index is 814. The first-order chi connectivity index (χ1) is 12.0. The van der Waals surface area contributed by atoms with E-state index < -0.39 is 4.92 Å². The first-order valence-electron chi connectivity index (χ1n) is 7.08. The number of rotatable bonds is 7. The number of nitro groups is 1. The maximum Gasteiger partial charge on any atom is 0.270 e. The number of hydrogen-bond donors (Lipinski definition) is 2. The molecule has 0 aliphatic carbocycles. The van der Waals surface area contributed by atoms with Crippen LogP contribution in [0.25, 0.3) is 0 Å². The van der Waals surface area contributed by atoms with E-state index in [0.29, 0.717) is 10.8 Å². The molecule has 0 fully saturated rings. The van der Waals surface area contributed by atoms with Crippen LogP contribution in [0.2, 0.25) is 5.02 Å². The standard InChI is InChI=1S/C16H14ClN3O4S/c17-14-4-2-1-3-11(14)9-25-10-16(22)19-18-8-12-7-13(20(23)24)5-6-15(12)21/h1-8,21H,9-10H2,(H,19,22)/b18-8-. The summed E-state index contributed by atoms with van der Waals surface area (Å²) in [6.07, 6.45) is 1.15. The van der Waals surface area contributed by atoms with E-state index in [-0.39, 0.29) is 28.7 Å². The van der Waals surface area contributed by atoms with Crippen LogP contribution in [0.15, 0.2) is 47.6 Å². The SMILES string of the molecule is O=C(CSCc1ccccc1Cl)N/N=C\c1cc([N+](=O)[O-])ccc1O. The minimum atomic E-state index is -0.583. The van der Waals surface area contributed by atoms with Crippen molar-refractivity contribution < 1.29 is 14.8 Å². The molecule has 0 aromatic heterocycles. The molecule has 1 amide bonds. The van der Waals surface area contributed by atoms with Gasteiger partial charge in [0.2, 0.25) is 5.91 Å². The van der Waals surface area contributed by atoms with Gasteiger partial charge in [0.25, 0.3) is 5.69 Å². The summed E-state index contributed by atoms with van der Waals surface area (Å²) in [6, 6.07) is 10.9. The van der Waals surface area contributed by atoms with E-state index in [4.69, 9.17) is 11.6 Å². The number of nitrogens with zero attached hydrogens (tertiary/aromatic N) is 2. The number of nitro benzene ring substituents is 1. The number of aromatic hydroxyl groups is 1. The Labute approximate surface area is 152 Å². The largest absolute Gasteiger partial charge is 0.507 e. The van der Waals surface area contributed by atoms with Gasteiger partial charge in [-0.2, -0.15) is 5.10 Å². The summed E-state index contributed by atoms with van der Waals surface area (Å²) in [6.45, 7) is 0. The molecule has 25 heavy (non-hydrogen) atoms. The van der Waals surface area contributed by atoms with Gasteiger partial charge in [-0.25, -0.2) is 5.43 Å². The summed E-state index contributed by atoms with van der Waals surface area (Å²) in [5.74, 6) is 0.251. The summed E-state index contributed by atoms with van der Waals surface area (Å²) in [7, 11) is 0. The molecule has 7 nitrogen and oxygen atoms in total. The summed E-state index contributed by atoms with van der Waals surface area (Å²) < 4.78 is 0. The number of non-ortho nitro benzene ring substituents is 1. The fourth-order valence-electron chi connectivity index (χ4n) is 1.83. The van der Waals surface area contributed by atoms with E-state index in [1.54, 1.807) is 6.07 Å². The van der Waals surface area contributed by atoms with E-state index in [2.05, 4.69) is 10.5 Å². The molecule has 2 rings (SSSR count). The van der Waals surface area contributed by atoms with Gasteiger partial charge < -0.3 is 5.11 Å². The van der Waals surface area contributed by atoms with Gasteiger partial charge in [-0.15, -0.1) is 11.8 Å². The van der Waals surface area contributed by atoms with Crippen molar-refractivity contribution in [1.29, 1.82) is 0 Å². The average Bonchev–Trinajstić information content (AvgIpc) is 2.58. The normalized spacial score (nSPS) is 10.8. The third kappa shape index (κ3) is 5.77. The lowest BCUT2D eigenvalue weighted by Crippen LogP contribution is -2.19. The van der Waals surface area contributed by atoms with Gasteiger partial charge in [0.15, 0.2) is 0 Å². The molecule has 130 valence electrons. The first kappa shape index (κ1) is 18.8. The minimum absolute atomic E-state index is 0.137. The Morgan fingerprint density at radius 1 is 1.36 bits per heavy atom. The fraction of sp³-hybridized carbons (Fsp3) is 0.125. The van der Waals surface area contributed by atoms with Crippen molar-refractivity contribution >= 4 is 41.2 Å². The Morgan fingerprint density at radius 3 is 2.84 bits per heavy atom. The number of carbonyl (C=O) groups excluding carboxylic acids is 1. The van der Waals surface area contributed by atoms with Crippen molar-refractivity contribution in [3.05, 3.63) is 68.7 Å². The summed E-state index contributed by atoms with van der Waals surface area (Å²) >= 11 is 7.41. The molecule has 2 N–H and O–H groups in total. The first-order valence-corrected chi connectivity index (χ1v) is 8.61.